The SMILES string of the molecule is NNC(=O)c1cn(CCOc2cccc(I)c2)nn1. The van der Waals surface area contributed by atoms with Crippen LogP contribution in [0.2, 0.25) is 0 Å². The van der Waals surface area contributed by atoms with Gasteiger partial charge in [0.1, 0.15) is 12.4 Å². The molecule has 0 aliphatic heterocycles. The van der Waals surface area contributed by atoms with E-state index >= 15 is 0 Å². The van der Waals surface area contributed by atoms with Gasteiger partial charge in [-0.2, -0.15) is 0 Å². The fourth-order valence-corrected chi connectivity index (χ4v) is 1.91. The molecule has 1 aromatic heterocycles. The summed E-state index contributed by atoms with van der Waals surface area (Å²) in [6.07, 6.45) is 1.51. The minimum Gasteiger partial charge on any atom is -0.492 e. The molecule has 0 atom stereocenters. The molecule has 0 fully saturated rings. The number of nitrogens with zero attached hydrogens (tertiary/aromatic N) is 3. The summed E-state index contributed by atoms with van der Waals surface area (Å²) in [6, 6.07) is 7.74. The van der Waals surface area contributed by atoms with Crippen molar-refractivity contribution in [2.75, 3.05) is 6.61 Å². The fourth-order valence-electron chi connectivity index (χ4n) is 1.40. The topological polar surface area (TPSA) is 95.1 Å². The van der Waals surface area contributed by atoms with Gasteiger partial charge in [0, 0.05) is 3.57 Å². The lowest BCUT2D eigenvalue weighted by atomic mass is 10.3. The van der Waals surface area contributed by atoms with Crippen LogP contribution >= 0.6 is 22.6 Å². The van der Waals surface area contributed by atoms with E-state index in [9.17, 15) is 4.79 Å². The van der Waals surface area contributed by atoms with Crippen molar-refractivity contribution in [3.8, 4) is 5.75 Å². The lowest BCUT2D eigenvalue weighted by molar-refractivity contribution is 0.0948. The Bertz CT molecular complexity index is 572. The van der Waals surface area contributed by atoms with Gasteiger partial charge in [0.15, 0.2) is 5.69 Å². The summed E-state index contributed by atoms with van der Waals surface area (Å²) in [5.74, 6) is 5.33. The number of nitrogen functional groups attached to an aromatic ring is 1. The Morgan fingerprint density at radius 3 is 3.11 bits per heavy atom. The van der Waals surface area contributed by atoms with E-state index in [1.807, 2.05) is 29.7 Å². The molecule has 1 amide bonds. The molecule has 0 radical (unpaired) electrons. The summed E-state index contributed by atoms with van der Waals surface area (Å²) >= 11 is 2.22. The maximum Gasteiger partial charge on any atom is 0.287 e. The number of rotatable bonds is 5. The first kappa shape index (κ1) is 13.7. The van der Waals surface area contributed by atoms with Crippen molar-refractivity contribution in [3.63, 3.8) is 0 Å². The fraction of sp³-hybridized carbons (Fsp3) is 0.182. The molecule has 1 heterocycles. The van der Waals surface area contributed by atoms with Gasteiger partial charge in [-0.15, -0.1) is 5.10 Å². The lowest BCUT2D eigenvalue weighted by Gasteiger charge is -2.05. The van der Waals surface area contributed by atoms with Gasteiger partial charge >= 0.3 is 0 Å². The van der Waals surface area contributed by atoms with Crippen LogP contribution in [0, 0.1) is 3.57 Å². The Morgan fingerprint density at radius 1 is 1.53 bits per heavy atom. The standard InChI is InChI=1S/C11H12IN5O2/c12-8-2-1-3-9(6-8)19-5-4-17-7-10(15-16-17)11(18)14-13/h1-3,6-7H,4-5,13H2,(H,14,18). The van der Waals surface area contributed by atoms with Crippen LogP contribution in [0.3, 0.4) is 0 Å². The Hall–Kier alpha value is -1.68. The number of amides is 1. The summed E-state index contributed by atoms with van der Waals surface area (Å²) in [7, 11) is 0. The van der Waals surface area contributed by atoms with Crippen molar-refractivity contribution in [2.45, 2.75) is 6.54 Å². The molecule has 7 nitrogen and oxygen atoms in total. The molecule has 8 heteroatoms. The minimum absolute atomic E-state index is 0.178. The van der Waals surface area contributed by atoms with Crippen molar-refractivity contribution in [1.29, 1.82) is 0 Å². The van der Waals surface area contributed by atoms with Gasteiger partial charge in [0.05, 0.1) is 12.7 Å². The van der Waals surface area contributed by atoms with Crippen LogP contribution in [0.5, 0.6) is 5.75 Å². The van der Waals surface area contributed by atoms with Gasteiger partial charge in [-0.25, -0.2) is 10.5 Å². The summed E-state index contributed by atoms with van der Waals surface area (Å²) in [5, 5.41) is 7.49. The predicted molar refractivity (Wildman–Crippen MR) is 76.3 cm³/mol. The van der Waals surface area contributed by atoms with Crippen LogP contribution in [0.1, 0.15) is 10.5 Å². The Kier molecular flexibility index (Phi) is 4.68. The smallest absolute Gasteiger partial charge is 0.287 e. The highest BCUT2D eigenvalue weighted by molar-refractivity contribution is 14.1. The molecule has 1 aromatic carbocycles. The minimum atomic E-state index is -0.468. The highest BCUT2D eigenvalue weighted by atomic mass is 127. The zero-order valence-electron chi connectivity index (χ0n) is 9.91. The molecule has 0 saturated carbocycles. The molecule has 2 aromatic rings. The zero-order chi connectivity index (χ0) is 13.7. The monoisotopic (exact) mass is 373 g/mol. The third-order valence-electron chi connectivity index (χ3n) is 2.29. The molecule has 100 valence electrons. The van der Waals surface area contributed by atoms with Crippen LogP contribution in [-0.4, -0.2) is 27.5 Å². The highest BCUT2D eigenvalue weighted by Gasteiger charge is 2.08. The predicted octanol–water partition coefficient (Wildman–Crippen LogP) is 0.565. The average Bonchev–Trinajstić information content (AvgIpc) is 2.87. The van der Waals surface area contributed by atoms with E-state index < -0.39 is 5.91 Å². The lowest BCUT2D eigenvalue weighted by Crippen LogP contribution is -2.30. The number of carbonyl (C=O) groups is 1. The second-order valence-electron chi connectivity index (χ2n) is 3.65. The Morgan fingerprint density at radius 2 is 2.37 bits per heavy atom. The van der Waals surface area contributed by atoms with E-state index in [2.05, 4.69) is 32.9 Å². The van der Waals surface area contributed by atoms with E-state index in [-0.39, 0.29) is 5.69 Å². The number of benzene rings is 1. The van der Waals surface area contributed by atoms with Crippen molar-refractivity contribution in [1.82, 2.24) is 20.4 Å². The van der Waals surface area contributed by atoms with Crippen LogP contribution in [0.4, 0.5) is 0 Å². The van der Waals surface area contributed by atoms with E-state index in [0.29, 0.717) is 13.2 Å². The molecule has 3 N–H and O–H groups in total. The molecule has 0 spiro atoms. The van der Waals surface area contributed by atoms with Crippen molar-refractivity contribution in [3.05, 3.63) is 39.7 Å². The van der Waals surface area contributed by atoms with Crippen molar-refractivity contribution in [2.24, 2.45) is 5.84 Å². The maximum atomic E-state index is 11.2. The molecule has 0 bridgehead atoms. The van der Waals surface area contributed by atoms with Gasteiger partial charge in [-0.05, 0) is 40.8 Å². The number of ether oxygens (including phenoxy) is 1. The second-order valence-corrected chi connectivity index (χ2v) is 4.89. The van der Waals surface area contributed by atoms with Crippen LogP contribution in [0.25, 0.3) is 0 Å². The first-order valence-electron chi connectivity index (χ1n) is 5.48. The van der Waals surface area contributed by atoms with Gasteiger partial charge in [-0.3, -0.25) is 10.2 Å². The third kappa shape index (κ3) is 3.89. The van der Waals surface area contributed by atoms with E-state index in [4.69, 9.17) is 10.6 Å². The third-order valence-corrected chi connectivity index (χ3v) is 2.96. The summed E-state index contributed by atoms with van der Waals surface area (Å²) in [4.78, 5) is 11.2. The molecule has 0 saturated heterocycles. The number of hydrogen-bond donors (Lipinski definition) is 2. The maximum absolute atomic E-state index is 11.2. The first-order chi connectivity index (χ1) is 9.19. The van der Waals surface area contributed by atoms with Crippen LogP contribution in [-0.2, 0) is 6.54 Å². The molecule has 0 aliphatic carbocycles. The molecular weight excluding hydrogens is 361 g/mol. The number of hydrogen-bond acceptors (Lipinski definition) is 5. The average molecular weight is 373 g/mol. The molecular formula is C11H12IN5O2. The Labute approximate surface area is 123 Å². The number of halogens is 1. The highest BCUT2D eigenvalue weighted by Crippen LogP contribution is 2.14. The van der Waals surface area contributed by atoms with Gasteiger partial charge in [0.2, 0.25) is 0 Å². The van der Waals surface area contributed by atoms with Crippen molar-refractivity contribution >= 4 is 28.5 Å². The van der Waals surface area contributed by atoms with Gasteiger partial charge in [0.25, 0.3) is 5.91 Å². The normalized spacial score (nSPS) is 10.2. The summed E-state index contributed by atoms with van der Waals surface area (Å²) in [6.45, 7) is 0.934. The quantitative estimate of drug-likeness (QED) is 0.346. The molecule has 19 heavy (non-hydrogen) atoms. The number of nitrogens with one attached hydrogen (secondary N) is 1. The van der Waals surface area contributed by atoms with Crippen molar-refractivity contribution < 1.29 is 9.53 Å². The Balaban J connectivity index is 1.86. The van der Waals surface area contributed by atoms with Gasteiger partial charge in [-0.1, -0.05) is 11.3 Å². The van der Waals surface area contributed by atoms with Gasteiger partial charge < -0.3 is 4.74 Å². The second kappa shape index (κ2) is 6.48. The van der Waals surface area contributed by atoms with Crippen LogP contribution < -0.4 is 16.0 Å². The largest absolute Gasteiger partial charge is 0.492 e. The number of nitrogens with two attached hydrogens (primary N) is 1. The zero-order valence-corrected chi connectivity index (χ0v) is 12.1. The van der Waals surface area contributed by atoms with E-state index in [0.717, 1.165) is 9.32 Å². The first-order valence-corrected chi connectivity index (χ1v) is 6.56. The molecule has 0 unspecified atom stereocenters. The number of hydrazine groups is 1. The molecule has 0 aliphatic rings. The summed E-state index contributed by atoms with van der Waals surface area (Å²) < 4.78 is 8.20. The molecule has 2 rings (SSSR count). The number of aromatic nitrogens is 3. The van der Waals surface area contributed by atoms with Crippen LogP contribution in [0.15, 0.2) is 30.5 Å². The number of carbonyl (C=O) groups excluding carboxylic acids is 1. The van der Waals surface area contributed by atoms with E-state index in [1.165, 1.54) is 10.9 Å². The van der Waals surface area contributed by atoms with E-state index in [1.54, 1.807) is 0 Å². The summed E-state index contributed by atoms with van der Waals surface area (Å²) in [5.41, 5.74) is 2.17.